The smallest absolute Gasteiger partial charge is 0.268 e. The van der Waals surface area contributed by atoms with E-state index in [4.69, 9.17) is 9.47 Å². The molecule has 0 aliphatic carbocycles. The third kappa shape index (κ3) is 4.24. The minimum absolute atomic E-state index is 0.0471. The molecule has 1 atom stereocenters. The van der Waals surface area contributed by atoms with Crippen LogP contribution in [0.4, 0.5) is 0 Å². The molecule has 2 aromatic carbocycles. The number of fused-ring (bicyclic) bond motifs is 5. The number of rotatable bonds is 6. The lowest BCUT2D eigenvalue weighted by Gasteiger charge is -2.26. The Morgan fingerprint density at radius 2 is 2.00 bits per heavy atom. The van der Waals surface area contributed by atoms with E-state index >= 15 is 0 Å². The van der Waals surface area contributed by atoms with Crippen LogP contribution in [-0.2, 0) is 23.5 Å². The van der Waals surface area contributed by atoms with Gasteiger partial charge in [-0.15, -0.1) is 21.5 Å². The summed E-state index contributed by atoms with van der Waals surface area (Å²) < 4.78 is 15.2. The van der Waals surface area contributed by atoms with E-state index in [1.807, 2.05) is 43.3 Å². The highest BCUT2D eigenvalue weighted by atomic mass is 32.2. The lowest BCUT2D eigenvalue weighted by Crippen LogP contribution is -2.28. The Morgan fingerprint density at radius 3 is 2.73 bits per heavy atom. The van der Waals surface area contributed by atoms with Crippen LogP contribution in [0.2, 0.25) is 0 Å². The van der Waals surface area contributed by atoms with Crippen LogP contribution in [0.3, 0.4) is 0 Å². The first-order chi connectivity index (χ1) is 17.9. The van der Waals surface area contributed by atoms with E-state index in [2.05, 4.69) is 40.6 Å². The third-order valence-corrected chi connectivity index (χ3v) is 9.06. The van der Waals surface area contributed by atoms with Gasteiger partial charge in [0.05, 0.1) is 30.9 Å². The highest BCUT2D eigenvalue weighted by Crippen LogP contribution is 2.38. The number of hydrogen-bond donors (Lipinski definition) is 0. The number of hydrogen-bond acceptors (Lipinski definition) is 7. The number of aromatic nitrogens is 4. The van der Waals surface area contributed by atoms with Gasteiger partial charge in [-0.25, -0.2) is 8.97 Å². The Morgan fingerprint density at radius 1 is 1.19 bits per heavy atom. The van der Waals surface area contributed by atoms with E-state index in [-0.39, 0.29) is 11.7 Å². The molecular weight excluding hydrogens is 504 g/mol. The van der Waals surface area contributed by atoms with Crippen LogP contribution in [0.1, 0.15) is 35.4 Å². The van der Waals surface area contributed by atoms with E-state index in [0.717, 1.165) is 60.6 Å². The second kappa shape index (κ2) is 9.63. The molecule has 1 aliphatic heterocycles. The third-order valence-electron chi connectivity index (χ3n) is 6.87. The summed E-state index contributed by atoms with van der Waals surface area (Å²) in [6, 6.07) is 16.0. The van der Waals surface area contributed by atoms with Crippen molar-refractivity contribution in [3.8, 4) is 11.4 Å². The van der Waals surface area contributed by atoms with Gasteiger partial charge in [0.15, 0.2) is 5.16 Å². The van der Waals surface area contributed by atoms with Crippen molar-refractivity contribution in [2.75, 3.05) is 7.11 Å². The molecular formula is C28H28N4O3S2. The van der Waals surface area contributed by atoms with Gasteiger partial charge in [0.1, 0.15) is 10.6 Å². The van der Waals surface area contributed by atoms with Gasteiger partial charge in [0.2, 0.25) is 5.78 Å². The molecule has 190 valence electrons. The van der Waals surface area contributed by atoms with Crippen LogP contribution in [0, 0.1) is 12.8 Å². The van der Waals surface area contributed by atoms with Crippen LogP contribution in [0.5, 0.6) is 5.75 Å². The molecule has 0 fully saturated rings. The largest absolute Gasteiger partial charge is 0.497 e. The molecule has 6 rings (SSSR count). The molecule has 0 saturated carbocycles. The van der Waals surface area contributed by atoms with Gasteiger partial charge >= 0.3 is 0 Å². The van der Waals surface area contributed by atoms with Crippen molar-refractivity contribution in [1.82, 2.24) is 19.2 Å². The Kier molecular flexibility index (Phi) is 6.30. The molecule has 0 N–H and O–H groups in total. The molecule has 3 aromatic heterocycles. The molecule has 0 amide bonds. The van der Waals surface area contributed by atoms with E-state index in [9.17, 15) is 4.79 Å². The van der Waals surface area contributed by atoms with Crippen LogP contribution in [0.25, 0.3) is 21.7 Å². The van der Waals surface area contributed by atoms with Crippen LogP contribution >= 0.6 is 23.1 Å². The van der Waals surface area contributed by atoms with Crippen LogP contribution in [0.15, 0.2) is 58.5 Å². The standard InChI is InChI=1S/C28H28N4O3S2/c1-16(2)22-13-21-23(14-35-22)37-26-24(21)25(33)31(19-7-5-6-17(3)12-19)27-29-30-28(32(26)27)36-15-18-8-10-20(34-4)11-9-18/h5-12,16,22H,13-15H2,1-4H3/t22-/m1/s1. The monoisotopic (exact) mass is 532 g/mol. The van der Waals surface area contributed by atoms with Crippen LogP contribution in [-0.4, -0.2) is 32.4 Å². The topological polar surface area (TPSA) is 70.7 Å². The van der Waals surface area contributed by atoms with Crippen molar-refractivity contribution >= 4 is 39.1 Å². The molecule has 0 bridgehead atoms. The van der Waals surface area contributed by atoms with Crippen molar-refractivity contribution in [3.05, 3.63) is 80.5 Å². The van der Waals surface area contributed by atoms with Gasteiger partial charge in [-0.1, -0.05) is 49.9 Å². The second-order valence-corrected chi connectivity index (χ2v) is 11.7. The van der Waals surface area contributed by atoms with E-state index in [0.29, 0.717) is 18.3 Å². The number of aryl methyl sites for hydroxylation is 1. The summed E-state index contributed by atoms with van der Waals surface area (Å²) in [6.45, 7) is 6.89. The van der Waals surface area contributed by atoms with E-state index in [1.165, 1.54) is 0 Å². The normalized spacial score (nSPS) is 15.5. The number of methoxy groups -OCH3 is 1. The number of thioether (sulfide) groups is 1. The maximum Gasteiger partial charge on any atom is 0.268 e. The predicted molar refractivity (Wildman–Crippen MR) is 148 cm³/mol. The molecule has 5 aromatic rings. The zero-order valence-corrected chi connectivity index (χ0v) is 22.9. The average Bonchev–Trinajstić information content (AvgIpc) is 3.49. The number of benzene rings is 2. The lowest BCUT2D eigenvalue weighted by molar-refractivity contribution is 0.00200. The van der Waals surface area contributed by atoms with E-state index in [1.54, 1.807) is 34.8 Å². The molecule has 4 heterocycles. The minimum Gasteiger partial charge on any atom is -0.497 e. The summed E-state index contributed by atoms with van der Waals surface area (Å²) >= 11 is 3.24. The van der Waals surface area contributed by atoms with Crippen molar-refractivity contribution in [3.63, 3.8) is 0 Å². The molecule has 0 unspecified atom stereocenters. The molecule has 0 radical (unpaired) electrons. The molecule has 1 aliphatic rings. The van der Waals surface area contributed by atoms with Crippen molar-refractivity contribution in [2.24, 2.45) is 5.92 Å². The summed E-state index contributed by atoms with van der Waals surface area (Å²) in [6.07, 6.45) is 0.829. The fourth-order valence-electron chi connectivity index (χ4n) is 4.83. The van der Waals surface area contributed by atoms with Gasteiger partial charge in [-0.3, -0.25) is 4.79 Å². The summed E-state index contributed by atoms with van der Waals surface area (Å²) in [5.74, 6) is 2.45. The average molecular weight is 533 g/mol. The fraction of sp³-hybridized carbons (Fsp3) is 0.321. The zero-order chi connectivity index (χ0) is 25.7. The second-order valence-electron chi connectivity index (χ2n) is 9.72. The maximum atomic E-state index is 14.1. The fourth-order valence-corrected chi connectivity index (χ4v) is 7.02. The van der Waals surface area contributed by atoms with Crippen molar-refractivity contribution < 1.29 is 9.47 Å². The molecule has 37 heavy (non-hydrogen) atoms. The SMILES string of the molecule is COc1ccc(CSc2nnc3n(-c4cccc(C)c4)c(=O)c4c5c(sc4n23)CO[C@@H](C(C)C)C5)cc1. The summed E-state index contributed by atoms with van der Waals surface area (Å²) in [5, 5.41) is 10.6. The lowest BCUT2D eigenvalue weighted by atomic mass is 9.96. The summed E-state index contributed by atoms with van der Waals surface area (Å²) in [7, 11) is 1.67. The first-order valence-electron chi connectivity index (χ1n) is 12.3. The predicted octanol–water partition coefficient (Wildman–Crippen LogP) is 5.80. The first-order valence-corrected chi connectivity index (χ1v) is 14.1. The first kappa shape index (κ1) is 24.2. The van der Waals surface area contributed by atoms with Crippen LogP contribution < -0.4 is 10.3 Å². The van der Waals surface area contributed by atoms with Gasteiger partial charge in [-0.2, -0.15) is 0 Å². The quantitative estimate of drug-likeness (QED) is 0.257. The number of ether oxygens (including phenoxy) is 2. The Labute approximate surface area is 223 Å². The van der Waals surface area contributed by atoms with Gasteiger partial charge in [0, 0.05) is 17.1 Å². The van der Waals surface area contributed by atoms with Gasteiger partial charge in [0.25, 0.3) is 5.56 Å². The summed E-state index contributed by atoms with van der Waals surface area (Å²) in [5.41, 5.74) is 4.09. The minimum atomic E-state index is -0.0471. The molecule has 0 saturated heterocycles. The van der Waals surface area contributed by atoms with Gasteiger partial charge < -0.3 is 9.47 Å². The molecule has 9 heteroatoms. The Hall–Kier alpha value is -3.14. The van der Waals surface area contributed by atoms with Crippen molar-refractivity contribution in [2.45, 2.75) is 50.8 Å². The molecule has 0 spiro atoms. The number of nitrogens with zero attached hydrogens (tertiary/aromatic N) is 4. The highest BCUT2D eigenvalue weighted by Gasteiger charge is 2.30. The highest BCUT2D eigenvalue weighted by molar-refractivity contribution is 7.98. The summed E-state index contributed by atoms with van der Waals surface area (Å²) in [4.78, 5) is 16.2. The maximum absolute atomic E-state index is 14.1. The number of thiophene rings is 1. The van der Waals surface area contributed by atoms with Crippen molar-refractivity contribution in [1.29, 1.82) is 0 Å². The van der Waals surface area contributed by atoms with Gasteiger partial charge in [-0.05, 0) is 53.8 Å². The van der Waals surface area contributed by atoms with E-state index < -0.39 is 0 Å². The molecule has 7 nitrogen and oxygen atoms in total. The Bertz CT molecular complexity index is 1670. The Balaban J connectivity index is 1.55. The zero-order valence-electron chi connectivity index (χ0n) is 21.2.